The van der Waals surface area contributed by atoms with Gasteiger partial charge in [-0.1, -0.05) is 146 Å². The number of hydrogen-bond donors (Lipinski definition) is 0. The van der Waals surface area contributed by atoms with Gasteiger partial charge in [-0.3, -0.25) is 0 Å². The monoisotopic (exact) mass is 686 g/mol. The molecule has 0 saturated carbocycles. The molecule has 2 aromatic heterocycles. The van der Waals surface area contributed by atoms with E-state index in [-0.39, 0.29) is 0 Å². The second-order valence-corrected chi connectivity index (χ2v) is 14.3. The molecule has 0 radical (unpaired) electrons. The number of hydrogen-bond acceptors (Lipinski definition) is 2. The Hall–Kier alpha value is -7.16. The fraction of sp³-hybridized carbons (Fsp3) is 0. The molecule has 2 heteroatoms. The number of furan rings is 2. The first-order valence-corrected chi connectivity index (χ1v) is 18.5. The predicted octanol–water partition coefficient (Wildman–Crippen LogP) is 15.1. The smallest absolute Gasteiger partial charge is 0.143 e. The lowest BCUT2D eigenvalue weighted by Crippen LogP contribution is -1.91. The van der Waals surface area contributed by atoms with Crippen LogP contribution < -0.4 is 0 Å². The minimum atomic E-state index is 0.879. The van der Waals surface area contributed by atoms with Crippen LogP contribution in [-0.4, -0.2) is 0 Å². The van der Waals surface area contributed by atoms with Crippen molar-refractivity contribution in [2.24, 2.45) is 0 Å². The fourth-order valence-corrected chi connectivity index (χ4v) is 9.04. The van der Waals surface area contributed by atoms with E-state index >= 15 is 0 Å². The highest BCUT2D eigenvalue weighted by Gasteiger charge is 2.19. The summed E-state index contributed by atoms with van der Waals surface area (Å²) in [7, 11) is 0. The van der Waals surface area contributed by atoms with Gasteiger partial charge in [0.2, 0.25) is 0 Å². The van der Waals surface area contributed by atoms with Crippen LogP contribution in [0, 0.1) is 0 Å². The van der Waals surface area contributed by atoms with E-state index in [4.69, 9.17) is 8.83 Å². The maximum absolute atomic E-state index is 6.53. The Morgan fingerprint density at radius 3 is 1.61 bits per heavy atom. The van der Waals surface area contributed by atoms with Gasteiger partial charge >= 0.3 is 0 Å². The molecule has 10 aromatic carbocycles. The van der Waals surface area contributed by atoms with Gasteiger partial charge in [0.1, 0.15) is 22.3 Å². The normalized spacial score (nSPS) is 12.1. The Morgan fingerprint density at radius 1 is 0.278 bits per heavy atom. The van der Waals surface area contributed by atoms with E-state index in [2.05, 4.69) is 170 Å². The summed E-state index contributed by atoms with van der Waals surface area (Å²) < 4.78 is 12.9. The average molecular weight is 687 g/mol. The molecule has 2 nitrogen and oxygen atoms in total. The molecule has 0 amide bonds. The molecule has 0 aliphatic rings. The lowest BCUT2D eigenvalue weighted by molar-refractivity contribution is 0.669. The molecule has 12 rings (SSSR count). The molecule has 0 aliphatic heterocycles. The summed E-state index contributed by atoms with van der Waals surface area (Å²) in [5.41, 5.74) is 10.9. The summed E-state index contributed by atoms with van der Waals surface area (Å²) in [5, 5.41) is 14.3. The van der Waals surface area contributed by atoms with E-state index in [9.17, 15) is 0 Å². The first-order valence-electron chi connectivity index (χ1n) is 18.5. The van der Waals surface area contributed by atoms with Gasteiger partial charge in [0.05, 0.1) is 0 Å². The molecule has 12 aromatic rings. The van der Waals surface area contributed by atoms with E-state index in [1.165, 1.54) is 54.6 Å². The molecule has 54 heavy (non-hydrogen) atoms. The lowest BCUT2D eigenvalue weighted by atomic mass is 9.84. The minimum absolute atomic E-state index is 0.879. The number of para-hydroxylation sites is 1. The van der Waals surface area contributed by atoms with Crippen molar-refractivity contribution >= 4 is 87.0 Å². The summed E-state index contributed by atoms with van der Waals surface area (Å²) in [5.74, 6) is 0. The van der Waals surface area contributed by atoms with E-state index in [0.29, 0.717) is 0 Å². The molecule has 0 unspecified atom stereocenters. The maximum atomic E-state index is 6.53. The third kappa shape index (κ3) is 4.17. The van der Waals surface area contributed by atoms with Crippen molar-refractivity contribution in [3.8, 4) is 33.4 Å². The zero-order valence-electron chi connectivity index (χ0n) is 29.1. The van der Waals surface area contributed by atoms with E-state index in [1.54, 1.807) is 0 Å². The van der Waals surface area contributed by atoms with Crippen molar-refractivity contribution in [1.82, 2.24) is 0 Å². The molecular formula is C52H30O2. The van der Waals surface area contributed by atoms with Gasteiger partial charge < -0.3 is 8.83 Å². The molecule has 0 fully saturated rings. The summed E-state index contributed by atoms with van der Waals surface area (Å²) in [6.45, 7) is 0. The average Bonchev–Trinajstić information content (AvgIpc) is 3.81. The van der Waals surface area contributed by atoms with Crippen LogP contribution in [0.15, 0.2) is 191 Å². The Labute approximate surface area is 310 Å². The van der Waals surface area contributed by atoms with Crippen molar-refractivity contribution in [3.63, 3.8) is 0 Å². The van der Waals surface area contributed by atoms with Crippen molar-refractivity contribution < 1.29 is 8.83 Å². The SMILES string of the molecule is c1ccc2c(-c3c4ccccc4c(-c4ccc(-c5ccc6c(c5)oc5ccc7c(ccc8c9ccccc9oc87)c56)cc4)c4ccccc34)cccc2c1. The van der Waals surface area contributed by atoms with Gasteiger partial charge in [0, 0.05) is 26.9 Å². The van der Waals surface area contributed by atoms with Crippen LogP contribution in [0.5, 0.6) is 0 Å². The van der Waals surface area contributed by atoms with E-state index in [1.807, 2.05) is 12.1 Å². The zero-order chi connectivity index (χ0) is 35.3. The Kier molecular flexibility index (Phi) is 6.09. The lowest BCUT2D eigenvalue weighted by Gasteiger charge is -2.19. The standard InChI is InChI=1S/C52H30O2/c1-2-12-35-32(10-1)11-9-18-37(35)50-40-16-5-3-14-38(40)49(39-15-4-6-17-41(39)50)33-22-20-31(21-23-33)34-24-25-45-48(30-34)53-47-29-28-44-42(51(45)47)26-27-43-36-13-7-8-19-46(36)54-52(43)44/h1-30H. The summed E-state index contributed by atoms with van der Waals surface area (Å²) in [4.78, 5) is 0. The molecule has 0 spiro atoms. The largest absolute Gasteiger partial charge is 0.456 e. The first kappa shape index (κ1) is 29.4. The van der Waals surface area contributed by atoms with Gasteiger partial charge in [-0.25, -0.2) is 0 Å². The molecule has 0 N–H and O–H groups in total. The van der Waals surface area contributed by atoms with Gasteiger partial charge in [-0.15, -0.1) is 0 Å². The molecule has 0 bridgehead atoms. The second-order valence-electron chi connectivity index (χ2n) is 14.3. The minimum Gasteiger partial charge on any atom is -0.456 e. The highest BCUT2D eigenvalue weighted by atomic mass is 16.3. The van der Waals surface area contributed by atoms with Crippen LogP contribution in [0.3, 0.4) is 0 Å². The third-order valence-corrected chi connectivity index (χ3v) is 11.5. The van der Waals surface area contributed by atoms with E-state index in [0.717, 1.165) is 65.8 Å². The van der Waals surface area contributed by atoms with Crippen molar-refractivity contribution in [1.29, 1.82) is 0 Å². The van der Waals surface area contributed by atoms with Crippen molar-refractivity contribution in [3.05, 3.63) is 182 Å². The molecular weight excluding hydrogens is 657 g/mol. The first-order chi connectivity index (χ1) is 26.8. The predicted molar refractivity (Wildman–Crippen MR) is 227 cm³/mol. The van der Waals surface area contributed by atoms with Crippen LogP contribution in [0.2, 0.25) is 0 Å². The Morgan fingerprint density at radius 2 is 0.833 bits per heavy atom. The highest BCUT2D eigenvalue weighted by molar-refractivity contribution is 6.26. The number of benzene rings is 10. The van der Waals surface area contributed by atoms with Gasteiger partial charge in [-0.05, 0) is 107 Å². The van der Waals surface area contributed by atoms with Crippen LogP contribution in [-0.2, 0) is 0 Å². The second kappa shape index (κ2) is 11.2. The molecule has 0 saturated heterocycles. The Bertz CT molecular complexity index is 3430. The summed E-state index contributed by atoms with van der Waals surface area (Å²) >= 11 is 0. The highest BCUT2D eigenvalue weighted by Crippen LogP contribution is 2.46. The quantitative estimate of drug-likeness (QED) is 0.173. The van der Waals surface area contributed by atoms with Crippen molar-refractivity contribution in [2.45, 2.75) is 0 Å². The Balaban J connectivity index is 0.989. The van der Waals surface area contributed by atoms with Crippen LogP contribution in [0.25, 0.3) is 120 Å². The molecule has 0 aliphatic carbocycles. The number of rotatable bonds is 3. The van der Waals surface area contributed by atoms with Crippen molar-refractivity contribution in [2.75, 3.05) is 0 Å². The fourth-order valence-electron chi connectivity index (χ4n) is 9.04. The maximum Gasteiger partial charge on any atom is 0.143 e. The molecule has 0 atom stereocenters. The van der Waals surface area contributed by atoms with Crippen LogP contribution in [0.1, 0.15) is 0 Å². The van der Waals surface area contributed by atoms with Crippen LogP contribution in [0.4, 0.5) is 0 Å². The molecule has 250 valence electrons. The van der Waals surface area contributed by atoms with E-state index < -0.39 is 0 Å². The molecule has 2 heterocycles. The third-order valence-electron chi connectivity index (χ3n) is 11.5. The topological polar surface area (TPSA) is 26.3 Å². The van der Waals surface area contributed by atoms with Gasteiger partial charge in [0.15, 0.2) is 0 Å². The summed E-state index contributed by atoms with van der Waals surface area (Å²) in [6, 6.07) is 65.6. The van der Waals surface area contributed by atoms with Gasteiger partial charge in [0.25, 0.3) is 0 Å². The zero-order valence-corrected chi connectivity index (χ0v) is 29.1. The number of fused-ring (bicyclic) bond motifs is 12. The summed E-state index contributed by atoms with van der Waals surface area (Å²) in [6.07, 6.45) is 0. The van der Waals surface area contributed by atoms with Gasteiger partial charge in [-0.2, -0.15) is 0 Å². The van der Waals surface area contributed by atoms with Crippen LogP contribution >= 0.6 is 0 Å².